The molecule has 0 aliphatic rings. The normalized spacial score (nSPS) is 11.3. The molecule has 290 valence electrons. The first-order valence-corrected chi connectivity index (χ1v) is 22.1. The van der Waals surface area contributed by atoms with Crippen LogP contribution in [-0.4, -0.2) is 48.8 Å². The second kappa shape index (κ2) is 34.3. The van der Waals surface area contributed by atoms with Gasteiger partial charge in [-0.05, 0) is 31.0 Å². The summed E-state index contributed by atoms with van der Waals surface area (Å²) in [6.45, 7) is 6.12. The second-order valence-electron chi connectivity index (χ2n) is 15.6. The van der Waals surface area contributed by atoms with Crippen LogP contribution in [0, 0.1) is 0 Å². The Hall–Kier alpha value is -1.84. The van der Waals surface area contributed by atoms with Gasteiger partial charge in [-0.15, -0.1) is 0 Å². The quantitative estimate of drug-likeness (QED) is 0.0655. The minimum atomic E-state index is 0.0149. The van der Waals surface area contributed by atoms with Crippen LogP contribution in [0.2, 0.25) is 0 Å². The fourth-order valence-corrected chi connectivity index (χ4v) is 7.22. The van der Waals surface area contributed by atoms with Crippen molar-refractivity contribution in [2.75, 3.05) is 27.2 Å². The molecule has 0 saturated carbocycles. The SMILES string of the molecule is CCCCCCCCCCCCCCCCCCN(C)C(=O)c1cccc(C(=O)N(C)CCCCCCCCCCCCCCCCCC)c1. The van der Waals surface area contributed by atoms with Gasteiger partial charge in [0.25, 0.3) is 11.8 Å². The van der Waals surface area contributed by atoms with Crippen molar-refractivity contribution in [1.29, 1.82) is 0 Å². The molecule has 0 radical (unpaired) electrons. The van der Waals surface area contributed by atoms with Crippen molar-refractivity contribution in [3.05, 3.63) is 35.4 Å². The van der Waals surface area contributed by atoms with Crippen LogP contribution in [0.5, 0.6) is 0 Å². The molecule has 4 nitrogen and oxygen atoms in total. The van der Waals surface area contributed by atoms with Gasteiger partial charge in [-0.1, -0.05) is 213 Å². The van der Waals surface area contributed by atoms with E-state index in [1.165, 1.54) is 193 Å². The molecule has 0 N–H and O–H groups in total. The maximum Gasteiger partial charge on any atom is 0.253 e. The topological polar surface area (TPSA) is 40.6 Å². The molecule has 0 aromatic heterocycles. The Labute approximate surface area is 312 Å². The minimum absolute atomic E-state index is 0.0149. The standard InChI is InChI=1S/C46H84N2O2/c1-5-7-9-11-13-15-17-19-21-23-25-27-29-31-33-35-40-47(3)45(49)43-38-37-39-44(42-43)46(50)48(4)41-36-34-32-30-28-26-24-22-20-18-16-14-12-10-8-6-2/h37-39,42H,5-36,40-41H2,1-4H3. The third-order valence-corrected chi connectivity index (χ3v) is 10.7. The Morgan fingerprint density at radius 2 is 0.600 bits per heavy atom. The summed E-state index contributed by atoms with van der Waals surface area (Å²) in [4.78, 5) is 29.9. The predicted molar refractivity (Wildman–Crippen MR) is 219 cm³/mol. The van der Waals surface area contributed by atoms with Crippen LogP contribution >= 0.6 is 0 Å². The third kappa shape index (κ3) is 26.0. The van der Waals surface area contributed by atoms with E-state index in [4.69, 9.17) is 0 Å². The van der Waals surface area contributed by atoms with E-state index in [9.17, 15) is 9.59 Å². The molecule has 0 bridgehead atoms. The van der Waals surface area contributed by atoms with E-state index in [-0.39, 0.29) is 11.8 Å². The molecule has 0 atom stereocenters. The zero-order valence-corrected chi connectivity index (χ0v) is 34.1. The zero-order chi connectivity index (χ0) is 36.3. The molecule has 1 aromatic carbocycles. The summed E-state index contributed by atoms with van der Waals surface area (Å²) in [5.74, 6) is 0.0298. The number of rotatable bonds is 36. The molecule has 0 saturated heterocycles. The molecule has 2 amide bonds. The van der Waals surface area contributed by atoms with Crippen molar-refractivity contribution in [2.45, 2.75) is 219 Å². The van der Waals surface area contributed by atoms with Crippen LogP contribution in [0.1, 0.15) is 240 Å². The van der Waals surface area contributed by atoms with Gasteiger partial charge in [0.1, 0.15) is 0 Å². The fourth-order valence-electron chi connectivity index (χ4n) is 7.22. The van der Waals surface area contributed by atoms with Crippen LogP contribution in [0.4, 0.5) is 0 Å². The van der Waals surface area contributed by atoms with Gasteiger partial charge in [-0.2, -0.15) is 0 Å². The van der Waals surface area contributed by atoms with Crippen molar-refractivity contribution >= 4 is 11.8 Å². The summed E-state index contributed by atoms with van der Waals surface area (Å²) in [6.07, 6.45) is 43.3. The fraction of sp³-hybridized carbons (Fsp3) is 0.826. The molecule has 0 fully saturated rings. The van der Waals surface area contributed by atoms with Crippen molar-refractivity contribution < 1.29 is 9.59 Å². The highest BCUT2D eigenvalue weighted by molar-refractivity contribution is 5.99. The number of benzene rings is 1. The number of amides is 2. The van der Waals surface area contributed by atoms with Gasteiger partial charge in [0.2, 0.25) is 0 Å². The first-order chi connectivity index (χ1) is 24.5. The molecule has 0 aliphatic heterocycles. The van der Waals surface area contributed by atoms with Gasteiger partial charge >= 0.3 is 0 Å². The van der Waals surface area contributed by atoms with Gasteiger partial charge in [0, 0.05) is 38.3 Å². The molecule has 0 heterocycles. The zero-order valence-electron chi connectivity index (χ0n) is 34.1. The Bertz CT molecular complexity index is 846. The molecule has 1 rings (SSSR count). The molecular formula is C46H84N2O2. The number of nitrogens with zero attached hydrogens (tertiary/aromatic N) is 2. The number of carbonyl (C=O) groups is 2. The lowest BCUT2D eigenvalue weighted by Crippen LogP contribution is -2.29. The summed E-state index contributed by atoms with van der Waals surface area (Å²) in [5.41, 5.74) is 1.23. The lowest BCUT2D eigenvalue weighted by molar-refractivity contribution is 0.0791. The van der Waals surface area contributed by atoms with Crippen molar-refractivity contribution in [1.82, 2.24) is 9.80 Å². The predicted octanol–water partition coefficient (Wildman–Crippen LogP) is 14.4. The van der Waals surface area contributed by atoms with Gasteiger partial charge in [-0.25, -0.2) is 0 Å². The smallest absolute Gasteiger partial charge is 0.253 e. The van der Waals surface area contributed by atoms with E-state index in [2.05, 4.69) is 13.8 Å². The maximum atomic E-state index is 13.1. The van der Waals surface area contributed by atoms with Crippen LogP contribution in [0.15, 0.2) is 24.3 Å². The first kappa shape index (κ1) is 46.2. The van der Waals surface area contributed by atoms with Crippen LogP contribution in [-0.2, 0) is 0 Å². The molecule has 1 aromatic rings. The molecule has 4 heteroatoms. The van der Waals surface area contributed by atoms with Crippen LogP contribution < -0.4 is 0 Å². The number of unbranched alkanes of at least 4 members (excludes halogenated alkanes) is 30. The summed E-state index contributed by atoms with van der Waals surface area (Å²) in [5, 5.41) is 0. The highest BCUT2D eigenvalue weighted by Crippen LogP contribution is 2.17. The summed E-state index contributed by atoms with van der Waals surface area (Å²) >= 11 is 0. The van der Waals surface area contributed by atoms with Gasteiger partial charge in [0.15, 0.2) is 0 Å². The average molecular weight is 697 g/mol. The van der Waals surface area contributed by atoms with Crippen molar-refractivity contribution in [3.63, 3.8) is 0 Å². The minimum Gasteiger partial charge on any atom is -0.342 e. The summed E-state index contributed by atoms with van der Waals surface area (Å²) in [6, 6.07) is 7.34. The van der Waals surface area contributed by atoms with E-state index >= 15 is 0 Å². The first-order valence-electron chi connectivity index (χ1n) is 22.1. The molecule has 0 spiro atoms. The number of hydrogen-bond acceptors (Lipinski definition) is 2. The Morgan fingerprint density at radius 1 is 0.380 bits per heavy atom. The van der Waals surface area contributed by atoms with E-state index < -0.39 is 0 Å². The average Bonchev–Trinajstić information content (AvgIpc) is 3.13. The molecule has 0 aliphatic carbocycles. The molecule has 50 heavy (non-hydrogen) atoms. The largest absolute Gasteiger partial charge is 0.342 e. The number of hydrogen-bond donors (Lipinski definition) is 0. The molecule has 0 unspecified atom stereocenters. The lowest BCUT2D eigenvalue weighted by atomic mass is 10.0. The van der Waals surface area contributed by atoms with E-state index in [0.717, 1.165) is 25.9 Å². The summed E-state index contributed by atoms with van der Waals surface area (Å²) < 4.78 is 0. The van der Waals surface area contributed by atoms with Gasteiger partial charge in [0.05, 0.1) is 0 Å². The van der Waals surface area contributed by atoms with Crippen LogP contribution in [0.3, 0.4) is 0 Å². The van der Waals surface area contributed by atoms with E-state index in [1.54, 1.807) is 6.07 Å². The van der Waals surface area contributed by atoms with Crippen molar-refractivity contribution in [2.24, 2.45) is 0 Å². The second-order valence-corrected chi connectivity index (χ2v) is 15.6. The van der Waals surface area contributed by atoms with Gasteiger partial charge in [-0.3, -0.25) is 9.59 Å². The highest BCUT2D eigenvalue weighted by Gasteiger charge is 2.16. The Morgan fingerprint density at radius 3 is 0.840 bits per heavy atom. The van der Waals surface area contributed by atoms with E-state index in [1.807, 2.05) is 42.1 Å². The lowest BCUT2D eigenvalue weighted by Gasteiger charge is -2.19. The monoisotopic (exact) mass is 697 g/mol. The third-order valence-electron chi connectivity index (χ3n) is 10.7. The maximum absolute atomic E-state index is 13.1. The summed E-state index contributed by atoms with van der Waals surface area (Å²) in [7, 11) is 3.79. The Balaban J connectivity index is 2.07. The number of carbonyl (C=O) groups excluding carboxylic acids is 2. The van der Waals surface area contributed by atoms with Gasteiger partial charge < -0.3 is 9.80 Å². The van der Waals surface area contributed by atoms with E-state index in [0.29, 0.717) is 11.1 Å². The molecular weight excluding hydrogens is 613 g/mol. The highest BCUT2D eigenvalue weighted by atomic mass is 16.2. The van der Waals surface area contributed by atoms with Crippen LogP contribution in [0.25, 0.3) is 0 Å². The van der Waals surface area contributed by atoms with Crippen molar-refractivity contribution in [3.8, 4) is 0 Å². The Kier molecular flexibility index (Phi) is 31.6.